The van der Waals surface area contributed by atoms with Crippen molar-refractivity contribution in [1.82, 2.24) is 9.97 Å². The van der Waals surface area contributed by atoms with Crippen molar-refractivity contribution in [2.45, 2.75) is 58.1 Å². The van der Waals surface area contributed by atoms with E-state index < -0.39 is 0 Å². The molecule has 1 amide bonds. The minimum absolute atomic E-state index is 0.0263. The first-order valence-electron chi connectivity index (χ1n) is 9.28. The summed E-state index contributed by atoms with van der Waals surface area (Å²) in [5.74, 6) is 0.876. The van der Waals surface area contributed by atoms with Crippen molar-refractivity contribution in [3.05, 3.63) is 42.2 Å². The fraction of sp³-hybridized carbons (Fsp3) is 0.450. The molecule has 2 N–H and O–H groups in total. The number of hydrogen-bond donors (Lipinski definition) is 2. The predicted octanol–water partition coefficient (Wildman–Crippen LogP) is 4.26. The number of hydrogen-bond acceptors (Lipinski definition) is 5. The van der Waals surface area contributed by atoms with E-state index in [4.69, 9.17) is 4.74 Å². The maximum atomic E-state index is 12.6. The lowest BCUT2D eigenvalue weighted by Crippen LogP contribution is -2.24. The summed E-state index contributed by atoms with van der Waals surface area (Å²) in [5, 5.41) is 6.23. The maximum absolute atomic E-state index is 12.6. The van der Waals surface area contributed by atoms with E-state index in [1.165, 1.54) is 19.3 Å². The molecule has 138 valence electrons. The highest BCUT2D eigenvalue weighted by atomic mass is 16.5. The molecule has 6 nitrogen and oxygen atoms in total. The van der Waals surface area contributed by atoms with Crippen LogP contribution in [0.25, 0.3) is 0 Å². The molecule has 0 bridgehead atoms. The van der Waals surface area contributed by atoms with E-state index in [9.17, 15) is 4.79 Å². The minimum atomic E-state index is -0.279. The summed E-state index contributed by atoms with van der Waals surface area (Å²) < 4.78 is 5.75. The topological polar surface area (TPSA) is 76.1 Å². The van der Waals surface area contributed by atoms with Gasteiger partial charge in [0.15, 0.2) is 0 Å². The molecule has 3 rings (SSSR count). The summed E-state index contributed by atoms with van der Waals surface area (Å²) in [7, 11) is 0. The second-order valence-corrected chi connectivity index (χ2v) is 6.86. The van der Waals surface area contributed by atoms with Crippen LogP contribution in [0.5, 0.6) is 5.75 Å². The lowest BCUT2D eigenvalue weighted by Gasteiger charge is -2.22. The molecular weight excluding hydrogens is 328 g/mol. The summed E-state index contributed by atoms with van der Waals surface area (Å²) in [6.45, 7) is 3.90. The van der Waals surface area contributed by atoms with Gasteiger partial charge in [0.2, 0.25) is 5.95 Å². The number of aromatic nitrogens is 2. The Morgan fingerprint density at radius 3 is 2.69 bits per heavy atom. The average Bonchev–Trinajstić information content (AvgIpc) is 2.64. The number of nitrogens with zero attached hydrogens (tertiary/aromatic N) is 2. The van der Waals surface area contributed by atoms with E-state index in [1.54, 1.807) is 12.3 Å². The third-order valence-corrected chi connectivity index (χ3v) is 4.32. The first-order chi connectivity index (χ1) is 12.6. The predicted molar refractivity (Wildman–Crippen MR) is 103 cm³/mol. The van der Waals surface area contributed by atoms with Crippen LogP contribution in [0.4, 0.5) is 11.6 Å². The Morgan fingerprint density at radius 1 is 1.15 bits per heavy atom. The molecule has 0 atom stereocenters. The first-order valence-corrected chi connectivity index (χ1v) is 9.28. The summed E-state index contributed by atoms with van der Waals surface area (Å²) in [6, 6.07) is 9.40. The van der Waals surface area contributed by atoms with Gasteiger partial charge in [-0.25, -0.2) is 9.97 Å². The van der Waals surface area contributed by atoms with Crippen LogP contribution < -0.4 is 15.4 Å². The molecule has 1 aromatic carbocycles. The van der Waals surface area contributed by atoms with Crippen molar-refractivity contribution in [2.24, 2.45) is 0 Å². The second-order valence-electron chi connectivity index (χ2n) is 6.86. The Kier molecular flexibility index (Phi) is 6.04. The van der Waals surface area contributed by atoms with E-state index in [-0.39, 0.29) is 12.0 Å². The van der Waals surface area contributed by atoms with Crippen LogP contribution in [0.15, 0.2) is 36.5 Å². The van der Waals surface area contributed by atoms with Gasteiger partial charge in [-0.3, -0.25) is 4.79 Å². The Bertz CT molecular complexity index is 742. The van der Waals surface area contributed by atoms with Crippen molar-refractivity contribution in [3.63, 3.8) is 0 Å². The molecule has 1 aromatic heterocycles. The number of carbonyl (C=O) groups is 1. The third kappa shape index (κ3) is 4.94. The summed E-state index contributed by atoms with van der Waals surface area (Å²) in [5.41, 5.74) is 0.962. The van der Waals surface area contributed by atoms with Gasteiger partial charge in [-0.2, -0.15) is 0 Å². The van der Waals surface area contributed by atoms with Crippen molar-refractivity contribution < 1.29 is 9.53 Å². The van der Waals surface area contributed by atoms with Crippen LogP contribution in [0.2, 0.25) is 0 Å². The van der Waals surface area contributed by atoms with Crippen molar-refractivity contribution in [3.8, 4) is 5.75 Å². The van der Waals surface area contributed by atoms with Crippen LogP contribution >= 0.6 is 0 Å². The smallest absolute Gasteiger partial charge is 0.274 e. The molecule has 0 saturated heterocycles. The maximum Gasteiger partial charge on any atom is 0.274 e. The molecule has 0 aliphatic heterocycles. The lowest BCUT2D eigenvalue weighted by atomic mass is 9.96. The lowest BCUT2D eigenvalue weighted by molar-refractivity contribution is 0.102. The van der Waals surface area contributed by atoms with Gasteiger partial charge < -0.3 is 15.4 Å². The van der Waals surface area contributed by atoms with Gasteiger partial charge in [0.25, 0.3) is 5.91 Å². The zero-order chi connectivity index (χ0) is 18.4. The van der Waals surface area contributed by atoms with Gasteiger partial charge in [-0.05, 0) is 44.9 Å². The molecule has 1 aliphatic carbocycles. The van der Waals surface area contributed by atoms with Crippen LogP contribution in [0.1, 0.15) is 56.4 Å². The van der Waals surface area contributed by atoms with Crippen molar-refractivity contribution in [1.29, 1.82) is 0 Å². The summed E-state index contributed by atoms with van der Waals surface area (Å²) in [4.78, 5) is 21.2. The number of benzene rings is 1. The normalized spacial score (nSPS) is 14.9. The minimum Gasteiger partial charge on any atom is -0.489 e. The number of amides is 1. The monoisotopic (exact) mass is 354 g/mol. The highest BCUT2D eigenvalue weighted by Gasteiger charge is 2.16. The van der Waals surface area contributed by atoms with E-state index >= 15 is 0 Å². The largest absolute Gasteiger partial charge is 0.489 e. The molecule has 6 heteroatoms. The van der Waals surface area contributed by atoms with Gasteiger partial charge in [-0.15, -0.1) is 0 Å². The van der Waals surface area contributed by atoms with Gasteiger partial charge in [0, 0.05) is 12.2 Å². The Balaban J connectivity index is 1.69. The number of rotatable bonds is 6. The molecular formula is C20H26N4O2. The van der Waals surface area contributed by atoms with Crippen LogP contribution in [-0.4, -0.2) is 28.0 Å². The number of carbonyl (C=O) groups excluding carboxylic acids is 1. The van der Waals surface area contributed by atoms with Crippen molar-refractivity contribution >= 4 is 17.5 Å². The van der Waals surface area contributed by atoms with Crippen LogP contribution in [0.3, 0.4) is 0 Å². The molecule has 0 radical (unpaired) electrons. The highest BCUT2D eigenvalue weighted by molar-refractivity contribution is 6.03. The van der Waals surface area contributed by atoms with Gasteiger partial charge in [-0.1, -0.05) is 31.4 Å². The highest BCUT2D eigenvalue weighted by Crippen LogP contribution is 2.25. The fourth-order valence-corrected chi connectivity index (χ4v) is 3.10. The van der Waals surface area contributed by atoms with Crippen molar-refractivity contribution in [2.75, 3.05) is 10.6 Å². The van der Waals surface area contributed by atoms with E-state index in [2.05, 4.69) is 20.6 Å². The SMILES string of the molecule is CC(C)Oc1ccccc1NC(=O)c1ccnc(NC2CCCCC2)n1. The standard InChI is InChI=1S/C20H26N4O2/c1-14(2)26-18-11-7-6-10-16(18)23-19(25)17-12-13-21-20(24-17)22-15-8-4-3-5-9-15/h6-7,10-15H,3-5,8-9H2,1-2H3,(H,23,25)(H,21,22,24). The number of anilines is 2. The zero-order valence-corrected chi connectivity index (χ0v) is 15.4. The zero-order valence-electron chi connectivity index (χ0n) is 15.4. The summed E-state index contributed by atoms with van der Waals surface area (Å²) in [6.07, 6.45) is 7.63. The number of ether oxygens (including phenoxy) is 1. The number of nitrogens with one attached hydrogen (secondary N) is 2. The summed E-state index contributed by atoms with van der Waals surface area (Å²) >= 11 is 0. The molecule has 1 heterocycles. The average molecular weight is 354 g/mol. The fourth-order valence-electron chi connectivity index (χ4n) is 3.10. The van der Waals surface area contributed by atoms with E-state index in [0.717, 1.165) is 12.8 Å². The molecule has 2 aromatic rings. The molecule has 1 fully saturated rings. The van der Waals surface area contributed by atoms with E-state index in [0.29, 0.717) is 29.1 Å². The molecule has 1 aliphatic rings. The number of para-hydroxylation sites is 2. The molecule has 0 spiro atoms. The second kappa shape index (κ2) is 8.65. The quantitative estimate of drug-likeness (QED) is 0.810. The Hall–Kier alpha value is -2.63. The molecule has 26 heavy (non-hydrogen) atoms. The van der Waals surface area contributed by atoms with Gasteiger partial charge in [0.05, 0.1) is 11.8 Å². The van der Waals surface area contributed by atoms with Crippen LogP contribution in [0, 0.1) is 0 Å². The van der Waals surface area contributed by atoms with Crippen LogP contribution in [-0.2, 0) is 0 Å². The van der Waals surface area contributed by atoms with Gasteiger partial charge in [0.1, 0.15) is 11.4 Å². The van der Waals surface area contributed by atoms with E-state index in [1.807, 2.05) is 38.1 Å². The third-order valence-electron chi connectivity index (χ3n) is 4.32. The van der Waals surface area contributed by atoms with Gasteiger partial charge >= 0.3 is 0 Å². The Labute approximate surface area is 154 Å². The first kappa shape index (κ1) is 18.2. The molecule has 1 saturated carbocycles. The Morgan fingerprint density at radius 2 is 1.92 bits per heavy atom. The molecule has 0 unspecified atom stereocenters.